The predicted molar refractivity (Wildman–Crippen MR) is 104 cm³/mol. The van der Waals surface area contributed by atoms with Crippen LogP contribution in [-0.4, -0.2) is 43.5 Å². The maximum Gasteiger partial charge on any atom is 0.168 e. The van der Waals surface area contributed by atoms with Gasteiger partial charge in [0, 0.05) is 31.3 Å². The smallest absolute Gasteiger partial charge is 0.168 e. The third kappa shape index (κ3) is 4.78. The molecular formula is C22H41NO2. The maximum absolute atomic E-state index is 6.35. The van der Waals surface area contributed by atoms with Crippen LogP contribution in [0, 0.1) is 17.3 Å². The zero-order valence-electron chi connectivity index (χ0n) is 17.2. The zero-order valence-corrected chi connectivity index (χ0v) is 17.2. The molecule has 3 nitrogen and oxygen atoms in total. The van der Waals surface area contributed by atoms with Gasteiger partial charge in [0.2, 0.25) is 0 Å². The molecule has 1 aliphatic heterocycles. The molecule has 0 aromatic carbocycles. The second-order valence-electron chi connectivity index (χ2n) is 9.75. The number of nitrogens with zero attached hydrogens (tertiary/aromatic N) is 1. The van der Waals surface area contributed by atoms with E-state index < -0.39 is 0 Å². The van der Waals surface area contributed by atoms with Crippen molar-refractivity contribution in [1.82, 2.24) is 4.90 Å². The highest BCUT2D eigenvalue weighted by Gasteiger charge is 2.44. The normalized spacial score (nSPS) is 35.4. The summed E-state index contributed by atoms with van der Waals surface area (Å²) < 4.78 is 12.7. The predicted octanol–water partition coefficient (Wildman–Crippen LogP) is 5.24. The van der Waals surface area contributed by atoms with E-state index in [2.05, 4.69) is 32.7 Å². The number of hydrogen-bond acceptors (Lipinski definition) is 3. The van der Waals surface area contributed by atoms with E-state index in [4.69, 9.17) is 9.47 Å². The molecular weight excluding hydrogens is 310 g/mol. The van der Waals surface area contributed by atoms with Crippen molar-refractivity contribution in [2.75, 3.05) is 26.8 Å². The molecule has 0 atom stereocenters. The molecule has 3 fully saturated rings. The van der Waals surface area contributed by atoms with Gasteiger partial charge in [-0.3, -0.25) is 0 Å². The van der Waals surface area contributed by atoms with Crippen LogP contribution < -0.4 is 0 Å². The van der Waals surface area contributed by atoms with Crippen molar-refractivity contribution in [2.24, 2.45) is 17.3 Å². The first-order valence-electron chi connectivity index (χ1n) is 10.9. The molecule has 0 amide bonds. The Balaban J connectivity index is 1.43. The summed E-state index contributed by atoms with van der Waals surface area (Å²) in [7, 11) is 2.30. The van der Waals surface area contributed by atoms with E-state index in [1.54, 1.807) is 0 Å². The number of rotatable bonds is 5. The van der Waals surface area contributed by atoms with E-state index in [-0.39, 0.29) is 5.79 Å². The standard InChI is InChI=1S/C22H41NO2/c1-5-21(2,3)19-11-13-22(14-12-19)24-16-18(17-25-22)15-23(4)20-9-7-6-8-10-20/h18-20H,5-17H2,1-4H3. The highest BCUT2D eigenvalue weighted by Crippen LogP contribution is 2.46. The van der Waals surface area contributed by atoms with Gasteiger partial charge < -0.3 is 14.4 Å². The Labute approximate surface area is 155 Å². The second kappa shape index (κ2) is 8.27. The molecule has 146 valence electrons. The molecule has 2 aliphatic carbocycles. The molecule has 0 aromatic heterocycles. The summed E-state index contributed by atoms with van der Waals surface area (Å²) in [5.74, 6) is 1.12. The third-order valence-electron chi connectivity index (χ3n) is 7.67. The molecule has 3 rings (SSSR count). The number of hydrogen-bond donors (Lipinski definition) is 0. The van der Waals surface area contributed by atoms with Gasteiger partial charge in [0.15, 0.2) is 5.79 Å². The molecule has 3 heteroatoms. The molecule has 0 radical (unpaired) electrons. The third-order valence-corrected chi connectivity index (χ3v) is 7.67. The summed E-state index contributed by atoms with van der Waals surface area (Å²) in [6.07, 6.45) is 13.0. The van der Waals surface area contributed by atoms with Crippen LogP contribution >= 0.6 is 0 Å². The van der Waals surface area contributed by atoms with Gasteiger partial charge in [-0.25, -0.2) is 0 Å². The van der Waals surface area contributed by atoms with Crippen LogP contribution in [0.3, 0.4) is 0 Å². The van der Waals surface area contributed by atoms with Crippen molar-refractivity contribution in [3.05, 3.63) is 0 Å². The van der Waals surface area contributed by atoms with Crippen molar-refractivity contribution < 1.29 is 9.47 Å². The molecule has 2 saturated carbocycles. The minimum absolute atomic E-state index is 0.250. The first-order chi connectivity index (χ1) is 11.9. The quantitative estimate of drug-likeness (QED) is 0.676. The Morgan fingerprint density at radius 3 is 2.12 bits per heavy atom. The molecule has 25 heavy (non-hydrogen) atoms. The highest BCUT2D eigenvalue weighted by molar-refractivity contribution is 4.89. The lowest BCUT2D eigenvalue weighted by molar-refractivity contribution is -0.301. The minimum atomic E-state index is -0.250. The fraction of sp³-hybridized carbons (Fsp3) is 1.00. The average Bonchev–Trinajstić information content (AvgIpc) is 2.65. The van der Waals surface area contributed by atoms with E-state index in [0.717, 1.165) is 44.6 Å². The minimum Gasteiger partial charge on any atom is -0.350 e. The van der Waals surface area contributed by atoms with Gasteiger partial charge in [-0.05, 0) is 44.1 Å². The van der Waals surface area contributed by atoms with Crippen molar-refractivity contribution in [3.8, 4) is 0 Å². The molecule has 0 N–H and O–H groups in total. The van der Waals surface area contributed by atoms with Crippen molar-refractivity contribution in [1.29, 1.82) is 0 Å². The fourth-order valence-electron chi connectivity index (χ4n) is 5.23. The van der Waals surface area contributed by atoms with Gasteiger partial charge in [-0.2, -0.15) is 0 Å². The van der Waals surface area contributed by atoms with Crippen LogP contribution in [0.4, 0.5) is 0 Å². The van der Waals surface area contributed by atoms with E-state index in [1.807, 2.05) is 0 Å². The topological polar surface area (TPSA) is 21.7 Å². The first kappa shape index (κ1) is 19.6. The summed E-state index contributed by atoms with van der Waals surface area (Å²) in [5.41, 5.74) is 0.460. The lowest BCUT2D eigenvalue weighted by atomic mass is 9.68. The van der Waals surface area contributed by atoms with Crippen LogP contribution in [-0.2, 0) is 9.47 Å². The van der Waals surface area contributed by atoms with E-state index in [1.165, 1.54) is 51.4 Å². The molecule has 0 aromatic rings. The Morgan fingerprint density at radius 2 is 1.56 bits per heavy atom. The van der Waals surface area contributed by atoms with Crippen LogP contribution in [0.1, 0.15) is 85.0 Å². The van der Waals surface area contributed by atoms with Crippen LogP contribution in [0.5, 0.6) is 0 Å². The van der Waals surface area contributed by atoms with E-state index in [0.29, 0.717) is 11.3 Å². The van der Waals surface area contributed by atoms with E-state index in [9.17, 15) is 0 Å². The Bertz CT molecular complexity index is 398. The molecule has 0 unspecified atom stereocenters. The highest BCUT2D eigenvalue weighted by atomic mass is 16.7. The lowest BCUT2D eigenvalue weighted by Gasteiger charge is -2.47. The molecule has 1 heterocycles. The van der Waals surface area contributed by atoms with Crippen molar-refractivity contribution in [3.63, 3.8) is 0 Å². The van der Waals surface area contributed by atoms with Gasteiger partial charge in [0.25, 0.3) is 0 Å². The summed E-state index contributed by atoms with van der Waals surface area (Å²) in [4.78, 5) is 2.58. The van der Waals surface area contributed by atoms with Gasteiger partial charge in [-0.15, -0.1) is 0 Å². The molecule has 0 bridgehead atoms. The fourth-order valence-corrected chi connectivity index (χ4v) is 5.23. The Hall–Kier alpha value is -0.120. The summed E-state index contributed by atoms with van der Waals surface area (Å²) in [5, 5.41) is 0. The monoisotopic (exact) mass is 351 g/mol. The first-order valence-corrected chi connectivity index (χ1v) is 10.9. The average molecular weight is 352 g/mol. The second-order valence-corrected chi connectivity index (χ2v) is 9.75. The zero-order chi connectivity index (χ0) is 17.9. The lowest BCUT2D eigenvalue weighted by Crippen LogP contribution is -2.50. The van der Waals surface area contributed by atoms with Crippen LogP contribution in [0.25, 0.3) is 0 Å². The summed E-state index contributed by atoms with van der Waals surface area (Å²) in [6.45, 7) is 10.1. The number of ether oxygens (including phenoxy) is 2. The van der Waals surface area contributed by atoms with Gasteiger partial charge in [0.05, 0.1) is 13.2 Å². The van der Waals surface area contributed by atoms with Gasteiger partial charge in [0.1, 0.15) is 0 Å². The van der Waals surface area contributed by atoms with Gasteiger partial charge in [-0.1, -0.05) is 46.5 Å². The van der Waals surface area contributed by atoms with E-state index >= 15 is 0 Å². The summed E-state index contributed by atoms with van der Waals surface area (Å²) >= 11 is 0. The van der Waals surface area contributed by atoms with Crippen LogP contribution in [0.2, 0.25) is 0 Å². The van der Waals surface area contributed by atoms with Crippen molar-refractivity contribution >= 4 is 0 Å². The Kier molecular flexibility index (Phi) is 6.50. The molecule has 1 saturated heterocycles. The SMILES string of the molecule is CCC(C)(C)C1CCC2(CC1)OCC(CN(C)C1CCCCC1)CO2. The Morgan fingerprint density at radius 1 is 0.960 bits per heavy atom. The molecule has 3 aliphatic rings. The van der Waals surface area contributed by atoms with Crippen molar-refractivity contribution in [2.45, 2.75) is 96.8 Å². The maximum atomic E-state index is 6.35. The summed E-state index contributed by atoms with van der Waals surface area (Å²) in [6, 6.07) is 0.788. The van der Waals surface area contributed by atoms with Gasteiger partial charge >= 0.3 is 0 Å². The van der Waals surface area contributed by atoms with Crippen LogP contribution in [0.15, 0.2) is 0 Å². The largest absolute Gasteiger partial charge is 0.350 e. The molecule has 1 spiro atoms.